The van der Waals surface area contributed by atoms with E-state index in [-0.39, 0.29) is 0 Å². The highest BCUT2D eigenvalue weighted by atomic mass is 16.3. The molecule has 57 heavy (non-hydrogen) atoms. The van der Waals surface area contributed by atoms with E-state index in [1.165, 1.54) is 16.2 Å². The smallest absolute Gasteiger partial charge is 0.231 e. The largest absolute Gasteiger partial charge is 0.438 e. The number of hydrogen-bond acceptors (Lipinski definition) is 6. The molecule has 0 saturated carbocycles. The number of para-hydroxylation sites is 1. The minimum absolute atomic E-state index is 0.530. The van der Waals surface area contributed by atoms with Crippen molar-refractivity contribution >= 4 is 43.6 Å². The van der Waals surface area contributed by atoms with Gasteiger partial charge in [-0.3, -0.25) is 0 Å². The molecule has 0 aliphatic rings. The van der Waals surface area contributed by atoms with Gasteiger partial charge in [-0.1, -0.05) is 158 Å². The van der Waals surface area contributed by atoms with Crippen LogP contribution in [0.25, 0.3) is 112 Å². The first-order valence-electron chi connectivity index (χ1n) is 18.9. The second-order valence-corrected chi connectivity index (χ2v) is 14.1. The molecule has 11 aromatic rings. The maximum atomic E-state index is 6.44. The molecule has 0 atom stereocenters. The minimum Gasteiger partial charge on any atom is -0.438 e. The summed E-state index contributed by atoms with van der Waals surface area (Å²) in [5, 5.41) is 6.66. The fraction of sp³-hybridized carbons (Fsp3) is 0. The molecule has 8 aromatic carbocycles. The molecule has 0 unspecified atom stereocenters. The Morgan fingerprint density at radius 3 is 1.49 bits per heavy atom. The molecule has 0 aliphatic carbocycles. The van der Waals surface area contributed by atoms with Crippen LogP contribution in [0.1, 0.15) is 0 Å². The maximum Gasteiger partial charge on any atom is 0.231 e. The van der Waals surface area contributed by atoms with E-state index in [2.05, 4.69) is 91.0 Å². The summed E-state index contributed by atoms with van der Waals surface area (Å²) in [4.78, 5) is 25.6. The van der Waals surface area contributed by atoms with Crippen molar-refractivity contribution in [3.8, 4) is 67.9 Å². The molecule has 0 fully saturated rings. The van der Waals surface area contributed by atoms with Gasteiger partial charge < -0.3 is 4.42 Å². The number of benzene rings is 8. The van der Waals surface area contributed by atoms with Gasteiger partial charge in [0.15, 0.2) is 23.3 Å². The van der Waals surface area contributed by atoms with Gasteiger partial charge >= 0.3 is 0 Å². The van der Waals surface area contributed by atoms with Crippen molar-refractivity contribution < 1.29 is 4.42 Å². The zero-order valence-electron chi connectivity index (χ0n) is 30.5. The predicted molar refractivity (Wildman–Crippen MR) is 230 cm³/mol. The van der Waals surface area contributed by atoms with Crippen LogP contribution in [0, 0.1) is 0 Å². The molecule has 0 radical (unpaired) electrons. The fourth-order valence-corrected chi connectivity index (χ4v) is 7.74. The van der Waals surface area contributed by atoms with Crippen LogP contribution in [0.2, 0.25) is 0 Å². The van der Waals surface area contributed by atoms with Gasteiger partial charge in [-0.25, -0.2) is 19.9 Å². The van der Waals surface area contributed by atoms with Crippen LogP contribution in [0.4, 0.5) is 0 Å². The summed E-state index contributed by atoms with van der Waals surface area (Å²) in [6.45, 7) is 0. The van der Waals surface area contributed by atoms with E-state index >= 15 is 0 Å². The third-order valence-electron chi connectivity index (χ3n) is 10.5. The highest BCUT2D eigenvalue weighted by Crippen LogP contribution is 2.39. The van der Waals surface area contributed by atoms with E-state index in [9.17, 15) is 0 Å². The van der Waals surface area contributed by atoms with Crippen LogP contribution >= 0.6 is 0 Å². The quantitative estimate of drug-likeness (QED) is 0.159. The molecule has 0 spiro atoms. The predicted octanol–water partition coefficient (Wildman–Crippen LogP) is 12.9. The average Bonchev–Trinajstić information content (AvgIpc) is 3.68. The van der Waals surface area contributed by atoms with E-state index in [1.807, 2.05) is 97.1 Å². The van der Waals surface area contributed by atoms with Gasteiger partial charge in [-0.2, -0.15) is 4.98 Å². The van der Waals surface area contributed by atoms with Gasteiger partial charge in [-0.15, -0.1) is 0 Å². The van der Waals surface area contributed by atoms with Gasteiger partial charge in [0.25, 0.3) is 0 Å². The Morgan fingerprint density at radius 1 is 0.298 bits per heavy atom. The van der Waals surface area contributed by atoms with Crippen LogP contribution in [0.3, 0.4) is 0 Å². The Morgan fingerprint density at radius 2 is 0.807 bits per heavy atom. The lowest BCUT2D eigenvalue weighted by Crippen LogP contribution is -2.01. The molecule has 0 amide bonds. The lowest BCUT2D eigenvalue weighted by atomic mass is 9.95. The van der Waals surface area contributed by atoms with Crippen LogP contribution in [-0.2, 0) is 0 Å². The first kappa shape index (κ1) is 32.6. The second-order valence-electron chi connectivity index (χ2n) is 14.1. The van der Waals surface area contributed by atoms with Crippen LogP contribution < -0.4 is 0 Å². The summed E-state index contributed by atoms with van der Waals surface area (Å²) >= 11 is 0. The number of nitrogens with zero attached hydrogens (tertiary/aromatic N) is 5. The summed E-state index contributed by atoms with van der Waals surface area (Å²) in [6, 6.07) is 64.3. The monoisotopic (exact) mass is 729 g/mol. The van der Waals surface area contributed by atoms with Crippen LogP contribution in [0.5, 0.6) is 0 Å². The molecule has 0 saturated heterocycles. The van der Waals surface area contributed by atoms with Gasteiger partial charge in [0.1, 0.15) is 5.58 Å². The number of rotatable bonds is 6. The minimum atomic E-state index is 0.530. The molecule has 6 nitrogen and oxygen atoms in total. The molecule has 0 aliphatic heterocycles. The van der Waals surface area contributed by atoms with E-state index in [0.29, 0.717) is 29.0 Å². The topological polar surface area (TPSA) is 77.6 Å². The SMILES string of the molecule is c1ccc(-c2nc(-c3ccccc3)nc(-c3cc(-c4ccc5c(ccc6ccccc65)c4)cc(-c4nc(-c5ccccc5)c5c(n4)oc4ccccc45)c3)n2)cc1. The van der Waals surface area contributed by atoms with Crippen molar-refractivity contribution in [1.29, 1.82) is 0 Å². The van der Waals surface area contributed by atoms with Crippen molar-refractivity contribution in [2.45, 2.75) is 0 Å². The summed E-state index contributed by atoms with van der Waals surface area (Å²) in [5.41, 5.74) is 8.55. The van der Waals surface area contributed by atoms with E-state index in [0.717, 1.165) is 66.4 Å². The normalized spacial score (nSPS) is 11.5. The van der Waals surface area contributed by atoms with Gasteiger partial charge in [0.2, 0.25) is 5.71 Å². The molecule has 3 aromatic heterocycles. The Kier molecular flexibility index (Phi) is 7.71. The van der Waals surface area contributed by atoms with Gasteiger partial charge in [0, 0.05) is 33.2 Å². The zero-order chi connectivity index (χ0) is 37.7. The highest BCUT2D eigenvalue weighted by molar-refractivity contribution is 6.11. The van der Waals surface area contributed by atoms with E-state index < -0.39 is 0 Å². The lowest BCUT2D eigenvalue weighted by molar-refractivity contribution is 0.653. The fourth-order valence-electron chi connectivity index (χ4n) is 7.74. The second kappa shape index (κ2) is 13.5. The first-order chi connectivity index (χ1) is 28.2. The first-order valence-corrected chi connectivity index (χ1v) is 18.9. The molecular formula is C51H31N5O. The van der Waals surface area contributed by atoms with Crippen molar-refractivity contribution in [2.75, 3.05) is 0 Å². The van der Waals surface area contributed by atoms with E-state index in [4.69, 9.17) is 29.3 Å². The summed E-state index contributed by atoms with van der Waals surface area (Å²) in [5.74, 6) is 2.27. The van der Waals surface area contributed by atoms with Crippen molar-refractivity contribution in [3.05, 3.63) is 188 Å². The zero-order valence-corrected chi connectivity index (χ0v) is 30.5. The van der Waals surface area contributed by atoms with Gasteiger partial charge in [0.05, 0.1) is 11.1 Å². The maximum absolute atomic E-state index is 6.44. The van der Waals surface area contributed by atoms with Crippen molar-refractivity contribution in [1.82, 2.24) is 24.9 Å². The molecule has 11 rings (SSSR count). The Balaban J connectivity index is 1.17. The molecule has 266 valence electrons. The molecule has 0 N–H and O–H groups in total. The summed E-state index contributed by atoms with van der Waals surface area (Å²) < 4.78 is 6.44. The van der Waals surface area contributed by atoms with Crippen LogP contribution in [-0.4, -0.2) is 24.9 Å². The van der Waals surface area contributed by atoms with Crippen LogP contribution in [0.15, 0.2) is 192 Å². The van der Waals surface area contributed by atoms with Crippen molar-refractivity contribution in [2.24, 2.45) is 0 Å². The lowest BCUT2D eigenvalue weighted by Gasteiger charge is -2.13. The summed E-state index contributed by atoms with van der Waals surface area (Å²) in [6.07, 6.45) is 0. The highest BCUT2D eigenvalue weighted by Gasteiger charge is 2.20. The Labute approximate surface area is 327 Å². The Bertz CT molecular complexity index is 3230. The molecule has 6 heteroatoms. The average molecular weight is 730 g/mol. The number of fused-ring (bicyclic) bond motifs is 6. The van der Waals surface area contributed by atoms with Gasteiger partial charge in [-0.05, 0) is 63.0 Å². The number of hydrogen-bond donors (Lipinski definition) is 0. The number of furan rings is 1. The standard InChI is InChI=1S/C51H31N5O/c1-4-15-33(16-5-1)46-45-43-22-12-13-23-44(43)57-51(45)56-49(52-46)39-29-38(36-26-27-42-37(28-36)25-24-32-14-10-11-21-41(32)42)30-40(31-39)50-54-47(34-17-6-2-7-18-34)53-48(55-50)35-19-8-3-9-20-35/h1-31H. The van der Waals surface area contributed by atoms with Crippen molar-refractivity contribution in [3.63, 3.8) is 0 Å². The summed E-state index contributed by atoms with van der Waals surface area (Å²) in [7, 11) is 0. The third kappa shape index (κ3) is 5.88. The molecule has 3 heterocycles. The third-order valence-corrected chi connectivity index (χ3v) is 10.5. The number of aromatic nitrogens is 5. The van der Waals surface area contributed by atoms with E-state index in [1.54, 1.807) is 0 Å². The molecular weight excluding hydrogens is 699 g/mol. The molecule has 0 bridgehead atoms. The Hall–Kier alpha value is -7.83.